The number of benzene rings is 1. The molecule has 3 rings (SSSR count). The Labute approximate surface area is 166 Å². The lowest BCUT2D eigenvalue weighted by Crippen LogP contribution is -2.51. The summed E-state index contributed by atoms with van der Waals surface area (Å²) < 4.78 is 0. The molecule has 0 saturated carbocycles. The van der Waals surface area contributed by atoms with E-state index in [0.717, 1.165) is 30.6 Å². The molecule has 150 valence electrons. The number of piperidine rings is 1. The summed E-state index contributed by atoms with van der Waals surface area (Å²) in [6.07, 6.45) is 3.15. The number of pyridine rings is 1. The fraction of sp³-hybridized carbons (Fsp3) is 0.500. The van der Waals surface area contributed by atoms with Gasteiger partial charge < -0.3 is 16.0 Å². The zero-order chi connectivity index (χ0) is 20.5. The largest absolute Gasteiger partial charge is 0.369 e. The van der Waals surface area contributed by atoms with Gasteiger partial charge in [-0.25, -0.2) is 0 Å². The Hall–Kier alpha value is -2.63. The number of carbonyl (C=O) groups is 2. The molecule has 1 aliphatic rings. The molecule has 0 radical (unpaired) electrons. The molecule has 0 bridgehead atoms. The minimum Gasteiger partial charge on any atom is -0.369 e. The van der Waals surface area contributed by atoms with Gasteiger partial charge in [0.15, 0.2) is 0 Å². The number of amides is 2. The van der Waals surface area contributed by atoms with Gasteiger partial charge in [0.1, 0.15) is 0 Å². The molecule has 0 unspecified atom stereocenters. The fourth-order valence-corrected chi connectivity index (χ4v) is 4.05. The second kappa shape index (κ2) is 7.78. The second-order valence-electron chi connectivity index (χ2n) is 9.14. The Kier molecular flexibility index (Phi) is 5.59. The van der Waals surface area contributed by atoms with Gasteiger partial charge in [-0.2, -0.15) is 0 Å². The van der Waals surface area contributed by atoms with Gasteiger partial charge >= 0.3 is 0 Å². The molecule has 2 amide bonds. The number of anilines is 1. The normalized spacial score (nSPS) is 20.2. The minimum atomic E-state index is -0.477. The van der Waals surface area contributed by atoms with E-state index in [0.29, 0.717) is 23.4 Å². The highest BCUT2D eigenvalue weighted by Crippen LogP contribution is 2.31. The summed E-state index contributed by atoms with van der Waals surface area (Å²) in [6.45, 7) is 10.0. The lowest BCUT2D eigenvalue weighted by molar-refractivity contribution is -0.123. The van der Waals surface area contributed by atoms with Crippen LogP contribution in [0.4, 0.5) is 5.69 Å². The van der Waals surface area contributed by atoms with Gasteiger partial charge in [-0.05, 0) is 42.0 Å². The van der Waals surface area contributed by atoms with Crippen LogP contribution in [-0.2, 0) is 4.79 Å². The maximum absolute atomic E-state index is 12.4. The van der Waals surface area contributed by atoms with Crippen LogP contribution in [0.15, 0.2) is 30.5 Å². The van der Waals surface area contributed by atoms with Gasteiger partial charge in [0.25, 0.3) is 5.91 Å². The number of rotatable bonds is 4. The maximum Gasteiger partial charge on any atom is 0.250 e. The molecule has 0 aliphatic carbocycles. The SMILES string of the molecule is C[C@H]1C[C@@H](NC(=O)CC(C)(C)C)CN(c2ccc(C(N)=O)c3ncccc23)C1. The minimum absolute atomic E-state index is 0.0312. The summed E-state index contributed by atoms with van der Waals surface area (Å²) in [5, 5.41) is 4.12. The first kappa shape index (κ1) is 20.1. The van der Waals surface area contributed by atoms with Gasteiger partial charge in [-0.15, -0.1) is 0 Å². The average Bonchev–Trinajstić information content (AvgIpc) is 2.58. The number of aromatic nitrogens is 1. The van der Waals surface area contributed by atoms with E-state index >= 15 is 0 Å². The topological polar surface area (TPSA) is 88.3 Å². The highest BCUT2D eigenvalue weighted by atomic mass is 16.2. The maximum atomic E-state index is 12.4. The molecule has 1 aromatic carbocycles. The van der Waals surface area contributed by atoms with Crippen molar-refractivity contribution in [2.45, 2.75) is 46.6 Å². The molecule has 3 N–H and O–H groups in total. The smallest absolute Gasteiger partial charge is 0.250 e. The summed E-state index contributed by atoms with van der Waals surface area (Å²) in [6, 6.07) is 7.62. The van der Waals surface area contributed by atoms with E-state index in [2.05, 4.69) is 42.9 Å². The Balaban J connectivity index is 1.86. The number of primary amides is 1. The lowest BCUT2D eigenvalue weighted by atomic mass is 9.90. The van der Waals surface area contributed by atoms with Gasteiger partial charge in [0, 0.05) is 42.8 Å². The third kappa shape index (κ3) is 4.61. The van der Waals surface area contributed by atoms with Crippen molar-refractivity contribution in [3.63, 3.8) is 0 Å². The molecule has 1 fully saturated rings. The molecule has 6 nitrogen and oxygen atoms in total. The molecular formula is C22H30N4O2. The summed E-state index contributed by atoms with van der Waals surface area (Å²) in [7, 11) is 0. The number of carbonyl (C=O) groups excluding carboxylic acids is 2. The van der Waals surface area contributed by atoms with E-state index in [1.165, 1.54) is 0 Å². The van der Waals surface area contributed by atoms with Crippen LogP contribution >= 0.6 is 0 Å². The molecular weight excluding hydrogens is 352 g/mol. The Morgan fingerprint density at radius 3 is 2.68 bits per heavy atom. The predicted octanol–water partition coefficient (Wildman–Crippen LogP) is 3.10. The Morgan fingerprint density at radius 2 is 2.00 bits per heavy atom. The molecule has 28 heavy (non-hydrogen) atoms. The summed E-state index contributed by atoms with van der Waals surface area (Å²) in [5.74, 6) is 0.0629. The standard InChI is InChI=1S/C22H30N4O2/c1-14-10-15(25-19(27)11-22(2,3)4)13-26(12-14)18-8-7-17(21(23)28)20-16(18)6-5-9-24-20/h5-9,14-15H,10-13H2,1-4H3,(H2,23,28)(H,25,27)/t14-,15+/m0/s1. The van der Waals surface area contributed by atoms with E-state index in [1.54, 1.807) is 12.3 Å². The van der Waals surface area contributed by atoms with Crippen molar-refractivity contribution in [1.82, 2.24) is 10.3 Å². The first-order valence-corrected chi connectivity index (χ1v) is 9.86. The van der Waals surface area contributed by atoms with E-state index in [-0.39, 0.29) is 17.4 Å². The third-order valence-corrected chi connectivity index (χ3v) is 5.07. The quantitative estimate of drug-likeness (QED) is 0.850. The Bertz CT molecular complexity index is 888. The van der Waals surface area contributed by atoms with E-state index < -0.39 is 5.91 Å². The van der Waals surface area contributed by atoms with E-state index in [1.807, 2.05) is 18.2 Å². The van der Waals surface area contributed by atoms with Crippen LogP contribution in [0.3, 0.4) is 0 Å². The number of hydrogen-bond donors (Lipinski definition) is 2. The number of nitrogens with zero attached hydrogens (tertiary/aromatic N) is 2. The fourth-order valence-electron chi connectivity index (χ4n) is 4.05. The zero-order valence-corrected chi connectivity index (χ0v) is 17.2. The summed E-state index contributed by atoms with van der Waals surface area (Å²) in [4.78, 5) is 30.9. The van der Waals surface area contributed by atoms with Gasteiger partial charge in [0.05, 0.1) is 11.1 Å². The molecule has 1 aliphatic heterocycles. The molecule has 0 spiro atoms. The van der Waals surface area contributed by atoms with Gasteiger partial charge in [-0.3, -0.25) is 14.6 Å². The first-order valence-electron chi connectivity index (χ1n) is 9.86. The van der Waals surface area contributed by atoms with Crippen molar-refractivity contribution >= 4 is 28.4 Å². The predicted molar refractivity (Wildman–Crippen MR) is 112 cm³/mol. The molecule has 2 heterocycles. The van der Waals surface area contributed by atoms with Crippen LogP contribution in [0.2, 0.25) is 0 Å². The highest BCUT2D eigenvalue weighted by Gasteiger charge is 2.28. The number of hydrogen-bond acceptors (Lipinski definition) is 4. The van der Waals surface area contributed by atoms with Gasteiger partial charge in [-0.1, -0.05) is 27.7 Å². The zero-order valence-electron chi connectivity index (χ0n) is 17.2. The van der Waals surface area contributed by atoms with E-state index in [4.69, 9.17) is 5.73 Å². The highest BCUT2D eigenvalue weighted by molar-refractivity contribution is 6.08. The monoisotopic (exact) mass is 382 g/mol. The van der Waals surface area contributed by atoms with Crippen molar-refractivity contribution in [2.75, 3.05) is 18.0 Å². The summed E-state index contributed by atoms with van der Waals surface area (Å²) >= 11 is 0. The molecule has 6 heteroatoms. The van der Waals surface area contributed by atoms with Crippen molar-refractivity contribution < 1.29 is 9.59 Å². The van der Waals surface area contributed by atoms with Crippen LogP contribution in [-0.4, -0.2) is 35.9 Å². The average molecular weight is 383 g/mol. The molecule has 2 aromatic rings. The molecule has 2 atom stereocenters. The third-order valence-electron chi connectivity index (χ3n) is 5.07. The van der Waals surface area contributed by atoms with Crippen molar-refractivity contribution in [1.29, 1.82) is 0 Å². The lowest BCUT2D eigenvalue weighted by Gasteiger charge is -2.39. The number of nitrogens with two attached hydrogens (primary N) is 1. The van der Waals surface area contributed by atoms with Crippen molar-refractivity contribution in [2.24, 2.45) is 17.1 Å². The van der Waals surface area contributed by atoms with E-state index in [9.17, 15) is 9.59 Å². The van der Waals surface area contributed by atoms with Crippen molar-refractivity contribution in [3.05, 3.63) is 36.0 Å². The second-order valence-corrected chi connectivity index (χ2v) is 9.14. The van der Waals surface area contributed by atoms with Crippen molar-refractivity contribution in [3.8, 4) is 0 Å². The number of nitrogens with one attached hydrogen (secondary N) is 1. The van der Waals surface area contributed by atoms with Gasteiger partial charge in [0.2, 0.25) is 5.91 Å². The number of fused-ring (bicyclic) bond motifs is 1. The van der Waals surface area contributed by atoms with Crippen LogP contribution < -0.4 is 16.0 Å². The van der Waals surface area contributed by atoms with Crippen LogP contribution in [0.1, 0.15) is 50.9 Å². The van der Waals surface area contributed by atoms with Crippen LogP contribution in [0.5, 0.6) is 0 Å². The summed E-state index contributed by atoms with van der Waals surface area (Å²) in [5.41, 5.74) is 7.56. The molecule has 1 saturated heterocycles. The molecule has 1 aromatic heterocycles. The first-order chi connectivity index (χ1) is 13.1. The Morgan fingerprint density at radius 1 is 1.25 bits per heavy atom. The van der Waals surface area contributed by atoms with Crippen LogP contribution in [0.25, 0.3) is 10.9 Å². The van der Waals surface area contributed by atoms with Crippen LogP contribution in [0, 0.1) is 11.3 Å².